The Kier molecular flexibility index (Phi) is 3.81. The first-order valence-corrected chi connectivity index (χ1v) is 5.22. The molecule has 0 saturated carbocycles. The summed E-state index contributed by atoms with van der Waals surface area (Å²) in [4.78, 5) is 0. The van der Waals surface area contributed by atoms with Crippen molar-refractivity contribution in [2.45, 2.75) is 39.5 Å². The maximum atomic E-state index is 9.50. The number of hydrogen-bond donors (Lipinski definition) is 2. The molecule has 0 fully saturated rings. The van der Waals surface area contributed by atoms with Crippen LogP contribution < -0.4 is 0 Å². The Morgan fingerprint density at radius 3 is 2.43 bits per heavy atom. The highest BCUT2D eigenvalue weighted by molar-refractivity contribution is 5.47. The van der Waals surface area contributed by atoms with Gasteiger partial charge in [0.15, 0.2) is 11.5 Å². The van der Waals surface area contributed by atoms with Gasteiger partial charge in [0.2, 0.25) is 0 Å². The van der Waals surface area contributed by atoms with Crippen LogP contribution in [0.4, 0.5) is 0 Å². The molecule has 1 aromatic rings. The van der Waals surface area contributed by atoms with E-state index in [-0.39, 0.29) is 11.5 Å². The molecule has 0 atom stereocenters. The van der Waals surface area contributed by atoms with Crippen molar-refractivity contribution in [1.82, 2.24) is 0 Å². The predicted molar refractivity (Wildman–Crippen MR) is 57.8 cm³/mol. The molecular formula is C12H18O2. The maximum absolute atomic E-state index is 9.50. The third-order valence-electron chi connectivity index (χ3n) is 2.43. The van der Waals surface area contributed by atoms with E-state index in [2.05, 4.69) is 6.92 Å². The van der Waals surface area contributed by atoms with Crippen molar-refractivity contribution in [2.75, 3.05) is 0 Å². The van der Waals surface area contributed by atoms with E-state index in [1.807, 2.05) is 13.0 Å². The van der Waals surface area contributed by atoms with Gasteiger partial charge in [-0.2, -0.15) is 0 Å². The smallest absolute Gasteiger partial charge is 0.160 e. The summed E-state index contributed by atoms with van der Waals surface area (Å²) >= 11 is 0. The predicted octanol–water partition coefficient (Wildman–Crippen LogP) is 3.00. The van der Waals surface area contributed by atoms with E-state index >= 15 is 0 Å². The van der Waals surface area contributed by atoms with Crippen molar-refractivity contribution in [3.63, 3.8) is 0 Å². The van der Waals surface area contributed by atoms with Crippen LogP contribution in [0.3, 0.4) is 0 Å². The normalized spacial score (nSPS) is 10.4. The molecule has 78 valence electrons. The van der Waals surface area contributed by atoms with Crippen LogP contribution in [0.15, 0.2) is 12.1 Å². The van der Waals surface area contributed by atoms with Gasteiger partial charge in [0.25, 0.3) is 0 Å². The van der Waals surface area contributed by atoms with Crippen LogP contribution in [-0.4, -0.2) is 10.2 Å². The SMILES string of the molecule is CCCCc1cc(O)c(O)c(CC)c1. The minimum Gasteiger partial charge on any atom is -0.504 e. The lowest BCUT2D eigenvalue weighted by Crippen LogP contribution is -1.89. The second-order valence-electron chi connectivity index (χ2n) is 3.58. The number of benzene rings is 1. The molecule has 0 aliphatic rings. The van der Waals surface area contributed by atoms with Gasteiger partial charge in [0.05, 0.1) is 0 Å². The van der Waals surface area contributed by atoms with Crippen molar-refractivity contribution in [1.29, 1.82) is 0 Å². The Bertz CT molecular complexity index is 305. The third-order valence-corrected chi connectivity index (χ3v) is 2.43. The summed E-state index contributed by atoms with van der Waals surface area (Å²) in [6, 6.07) is 3.63. The molecule has 1 aromatic carbocycles. The van der Waals surface area contributed by atoms with Crippen molar-refractivity contribution in [2.24, 2.45) is 0 Å². The lowest BCUT2D eigenvalue weighted by molar-refractivity contribution is 0.399. The average Bonchev–Trinajstić information content (AvgIpc) is 2.19. The number of aromatic hydroxyl groups is 2. The van der Waals surface area contributed by atoms with Crippen molar-refractivity contribution in [3.05, 3.63) is 23.3 Å². The Labute approximate surface area is 85.2 Å². The molecule has 0 aliphatic carbocycles. The molecule has 0 saturated heterocycles. The summed E-state index contributed by atoms with van der Waals surface area (Å²) in [5.41, 5.74) is 1.94. The van der Waals surface area contributed by atoms with Crippen LogP contribution in [0.25, 0.3) is 0 Å². The Balaban J connectivity index is 2.91. The zero-order valence-corrected chi connectivity index (χ0v) is 8.88. The molecule has 14 heavy (non-hydrogen) atoms. The standard InChI is InChI=1S/C12H18O2/c1-3-5-6-9-7-10(4-2)12(14)11(13)8-9/h7-8,13-14H,3-6H2,1-2H3. The molecule has 1 rings (SSSR count). The Morgan fingerprint density at radius 2 is 1.86 bits per heavy atom. The highest BCUT2D eigenvalue weighted by Crippen LogP contribution is 2.31. The highest BCUT2D eigenvalue weighted by atomic mass is 16.3. The molecule has 2 nitrogen and oxygen atoms in total. The van der Waals surface area contributed by atoms with Crippen LogP contribution in [0.1, 0.15) is 37.8 Å². The van der Waals surface area contributed by atoms with E-state index in [0.717, 1.165) is 36.8 Å². The minimum atomic E-state index is 0.00968. The van der Waals surface area contributed by atoms with Gasteiger partial charge in [-0.25, -0.2) is 0 Å². The van der Waals surface area contributed by atoms with Crippen LogP contribution in [0.2, 0.25) is 0 Å². The molecule has 0 spiro atoms. The fraction of sp³-hybridized carbons (Fsp3) is 0.500. The number of phenols is 2. The van der Waals surface area contributed by atoms with Gasteiger partial charge in [-0.15, -0.1) is 0 Å². The Morgan fingerprint density at radius 1 is 1.14 bits per heavy atom. The molecule has 0 radical (unpaired) electrons. The molecule has 0 heterocycles. The van der Waals surface area contributed by atoms with E-state index in [0.29, 0.717) is 0 Å². The number of aryl methyl sites for hydroxylation is 2. The molecule has 0 unspecified atom stereocenters. The van der Waals surface area contributed by atoms with Crippen molar-refractivity contribution < 1.29 is 10.2 Å². The first kappa shape index (κ1) is 10.9. The summed E-state index contributed by atoms with van der Waals surface area (Å²) in [6.45, 7) is 4.11. The molecule has 0 bridgehead atoms. The number of rotatable bonds is 4. The summed E-state index contributed by atoms with van der Waals surface area (Å²) in [5, 5.41) is 19.0. The summed E-state index contributed by atoms with van der Waals surface area (Å²) in [7, 11) is 0. The van der Waals surface area contributed by atoms with Crippen LogP contribution in [-0.2, 0) is 12.8 Å². The minimum absolute atomic E-state index is 0.00968. The van der Waals surface area contributed by atoms with E-state index in [1.165, 1.54) is 0 Å². The van der Waals surface area contributed by atoms with Gasteiger partial charge in [-0.05, 0) is 36.5 Å². The molecule has 0 aliphatic heterocycles. The number of unbranched alkanes of at least 4 members (excludes halogenated alkanes) is 1. The maximum Gasteiger partial charge on any atom is 0.160 e. The van der Waals surface area contributed by atoms with E-state index in [9.17, 15) is 10.2 Å². The first-order valence-electron chi connectivity index (χ1n) is 5.22. The monoisotopic (exact) mass is 194 g/mol. The first-order chi connectivity index (χ1) is 6.69. The van der Waals surface area contributed by atoms with Gasteiger partial charge < -0.3 is 10.2 Å². The van der Waals surface area contributed by atoms with E-state index < -0.39 is 0 Å². The van der Waals surface area contributed by atoms with Gasteiger partial charge >= 0.3 is 0 Å². The van der Waals surface area contributed by atoms with Crippen molar-refractivity contribution >= 4 is 0 Å². The number of hydrogen-bond acceptors (Lipinski definition) is 2. The summed E-state index contributed by atoms with van der Waals surface area (Å²) in [5.74, 6) is 0.0446. The fourth-order valence-electron chi connectivity index (χ4n) is 1.54. The lowest BCUT2D eigenvalue weighted by atomic mass is 10.0. The molecular weight excluding hydrogens is 176 g/mol. The lowest BCUT2D eigenvalue weighted by Gasteiger charge is -2.07. The van der Waals surface area contributed by atoms with Gasteiger partial charge in [-0.3, -0.25) is 0 Å². The zero-order chi connectivity index (χ0) is 10.6. The zero-order valence-electron chi connectivity index (χ0n) is 8.88. The second kappa shape index (κ2) is 4.89. The molecule has 2 heteroatoms. The van der Waals surface area contributed by atoms with Crippen LogP contribution >= 0.6 is 0 Å². The largest absolute Gasteiger partial charge is 0.504 e. The van der Waals surface area contributed by atoms with Gasteiger partial charge in [0.1, 0.15) is 0 Å². The fourth-order valence-corrected chi connectivity index (χ4v) is 1.54. The number of phenolic OH excluding ortho intramolecular Hbond substituents is 2. The second-order valence-corrected chi connectivity index (χ2v) is 3.58. The van der Waals surface area contributed by atoms with Crippen molar-refractivity contribution in [3.8, 4) is 11.5 Å². The topological polar surface area (TPSA) is 40.5 Å². The Hall–Kier alpha value is -1.18. The van der Waals surface area contributed by atoms with Crippen LogP contribution in [0.5, 0.6) is 11.5 Å². The van der Waals surface area contributed by atoms with E-state index in [1.54, 1.807) is 6.07 Å². The molecule has 2 N–H and O–H groups in total. The molecule has 0 aromatic heterocycles. The van der Waals surface area contributed by atoms with Gasteiger partial charge in [0, 0.05) is 0 Å². The third kappa shape index (κ3) is 2.41. The van der Waals surface area contributed by atoms with E-state index in [4.69, 9.17) is 0 Å². The average molecular weight is 194 g/mol. The van der Waals surface area contributed by atoms with Gasteiger partial charge in [-0.1, -0.05) is 26.3 Å². The quantitative estimate of drug-likeness (QED) is 0.723. The highest BCUT2D eigenvalue weighted by Gasteiger charge is 2.07. The summed E-state index contributed by atoms with van der Waals surface area (Å²) < 4.78 is 0. The molecule has 0 amide bonds. The van der Waals surface area contributed by atoms with Crippen LogP contribution in [0, 0.1) is 0 Å². The summed E-state index contributed by atoms with van der Waals surface area (Å²) in [6.07, 6.45) is 3.98.